The van der Waals surface area contributed by atoms with E-state index in [2.05, 4.69) is 36.4 Å². The van der Waals surface area contributed by atoms with Gasteiger partial charge in [-0.25, -0.2) is 9.78 Å². The van der Waals surface area contributed by atoms with Crippen LogP contribution in [-0.4, -0.2) is 71.6 Å². The first-order valence-electron chi connectivity index (χ1n) is 14.3. The Morgan fingerprint density at radius 3 is 2.38 bits per heavy atom. The van der Waals surface area contributed by atoms with Crippen molar-refractivity contribution in [2.24, 2.45) is 0 Å². The molecule has 42 heavy (non-hydrogen) atoms. The number of aryl methyl sites for hydroxylation is 2. The largest absolute Gasteiger partial charge is 0.444 e. The zero-order valence-electron chi connectivity index (χ0n) is 25.8. The molecule has 0 unspecified atom stereocenters. The lowest BCUT2D eigenvalue weighted by Crippen LogP contribution is -2.47. The molecule has 1 amide bonds. The zero-order chi connectivity index (χ0) is 30.8. The highest BCUT2D eigenvalue weighted by Crippen LogP contribution is 2.40. The van der Waals surface area contributed by atoms with Gasteiger partial charge in [-0.1, -0.05) is 48.8 Å². The van der Waals surface area contributed by atoms with Gasteiger partial charge in [0.05, 0.1) is 21.3 Å². The third-order valence-corrected chi connectivity index (χ3v) is 8.16. The Hall–Kier alpha value is -2.77. The summed E-state index contributed by atoms with van der Waals surface area (Å²) in [6.45, 7) is 18.3. The molecule has 0 saturated carbocycles. The minimum absolute atomic E-state index is 0.0656. The topological polar surface area (TPSA) is 81.0 Å². The maximum Gasteiger partial charge on any atom is 0.410 e. The van der Waals surface area contributed by atoms with Crippen LogP contribution < -0.4 is 5.32 Å². The highest BCUT2D eigenvalue weighted by molar-refractivity contribution is 6.83. The van der Waals surface area contributed by atoms with Gasteiger partial charge >= 0.3 is 6.09 Å². The van der Waals surface area contributed by atoms with Crippen LogP contribution in [0.15, 0.2) is 18.2 Å². The van der Waals surface area contributed by atoms with Gasteiger partial charge in [-0.05, 0) is 59.6 Å². The average Bonchev–Trinajstić information content (AvgIpc) is 3.19. The van der Waals surface area contributed by atoms with E-state index in [-0.39, 0.29) is 12.1 Å². The molecular formula is C31H41Cl2N5O3Si. The van der Waals surface area contributed by atoms with Crippen molar-refractivity contribution in [3.05, 3.63) is 45.2 Å². The molecule has 1 saturated heterocycles. The number of rotatable bonds is 6. The highest BCUT2D eigenvalue weighted by atomic mass is 35.5. The maximum atomic E-state index is 13.1. The van der Waals surface area contributed by atoms with Crippen LogP contribution in [0.2, 0.25) is 29.7 Å². The van der Waals surface area contributed by atoms with Crippen molar-refractivity contribution in [1.82, 2.24) is 19.5 Å². The van der Waals surface area contributed by atoms with Crippen molar-refractivity contribution in [2.45, 2.75) is 78.7 Å². The van der Waals surface area contributed by atoms with E-state index in [1.54, 1.807) is 4.52 Å². The number of carbonyl (C=O) groups excluding carboxylic acids is 1. The molecule has 1 aromatic carbocycles. The summed E-state index contributed by atoms with van der Waals surface area (Å²) in [7, 11) is -1.56. The molecule has 3 aromatic rings. The van der Waals surface area contributed by atoms with E-state index in [0.29, 0.717) is 47.6 Å². The van der Waals surface area contributed by atoms with Crippen molar-refractivity contribution in [1.29, 1.82) is 0 Å². The molecule has 1 N–H and O–H groups in total. The first-order valence-corrected chi connectivity index (χ1v) is 18.6. The molecule has 0 aliphatic carbocycles. The second-order valence-corrected chi connectivity index (χ2v) is 18.3. The average molecular weight is 631 g/mol. The van der Waals surface area contributed by atoms with Crippen molar-refractivity contribution >= 4 is 48.8 Å². The summed E-state index contributed by atoms with van der Waals surface area (Å²) >= 11 is 13.6. The summed E-state index contributed by atoms with van der Waals surface area (Å²) in [5, 5.41) is 9.29. The molecule has 0 atom stereocenters. The highest BCUT2D eigenvalue weighted by Gasteiger charge is 2.29. The fraction of sp³-hybridized carbons (Fsp3) is 0.516. The summed E-state index contributed by atoms with van der Waals surface area (Å²) in [5.74, 6) is 3.99. The fourth-order valence-corrected chi connectivity index (χ4v) is 6.05. The van der Waals surface area contributed by atoms with Gasteiger partial charge in [-0.15, -0.1) is 5.54 Å². The first-order chi connectivity index (χ1) is 19.6. The van der Waals surface area contributed by atoms with Crippen LogP contribution >= 0.6 is 23.2 Å². The lowest BCUT2D eigenvalue weighted by atomic mass is 10.0. The monoisotopic (exact) mass is 629 g/mol. The Morgan fingerprint density at radius 1 is 1.14 bits per heavy atom. The lowest BCUT2D eigenvalue weighted by Gasteiger charge is -2.35. The normalized spacial score (nSPS) is 14.4. The van der Waals surface area contributed by atoms with Gasteiger partial charge in [0.1, 0.15) is 19.5 Å². The number of nitrogens with zero attached hydrogens (tertiary/aromatic N) is 4. The number of fused-ring (bicyclic) bond motifs is 1. The van der Waals surface area contributed by atoms with Gasteiger partial charge in [0.25, 0.3) is 0 Å². The molecule has 1 aliphatic heterocycles. The van der Waals surface area contributed by atoms with Gasteiger partial charge in [0.15, 0.2) is 5.65 Å². The molecular weight excluding hydrogens is 589 g/mol. The van der Waals surface area contributed by atoms with Crippen LogP contribution in [0.1, 0.15) is 50.6 Å². The number of anilines is 1. The number of hydrogen-bond donors (Lipinski definition) is 1. The Labute approximate surface area is 260 Å². The maximum absolute atomic E-state index is 13.1. The number of carbonyl (C=O) groups is 1. The first kappa shape index (κ1) is 32.1. The van der Waals surface area contributed by atoms with E-state index in [1.807, 2.05) is 57.7 Å². The molecule has 0 bridgehead atoms. The Kier molecular flexibility index (Phi) is 9.83. The van der Waals surface area contributed by atoms with Crippen LogP contribution in [0.4, 0.5) is 10.6 Å². The van der Waals surface area contributed by atoms with E-state index in [4.69, 9.17) is 42.8 Å². The third kappa shape index (κ3) is 7.98. The quantitative estimate of drug-likeness (QED) is 0.226. The molecule has 0 radical (unpaired) electrons. The van der Waals surface area contributed by atoms with Crippen LogP contribution in [0.25, 0.3) is 16.8 Å². The van der Waals surface area contributed by atoms with Crippen molar-refractivity contribution < 1.29 is 14.3 Å². The van der Waals surface area contributed by atoms with Gasteiger partial charge in [0, 0.05) is 55.2 Å². The van der Waals surface area contributed by atoms with Crippen LogP contribution in [0.3, 0.4) is 0 Å². The van der Waals surface area contributed by atoms with Gasteiger partial charge in [-0.3, -0.25) is 0 Å². The summed E-state index contributed by atoms with van der Waals surface area (Å²) < 4.78 is 13.0. The van der Waals surface area contributed by atoms with E-state index < -0.39 is 13.7 Å². The van der Waals surface area contributed by atoms with Gasteiger partial charge in [-0.2, -0.15) is 9.61 Å². The molecule has 226 valence electrons. The smallest absolute Gasteiger partial charge is 0.410 e. The summed E-state index contributed by atoms with van der Waals surface area (Å²) in [4.78, 5) is 19.8. The number of hydrogen-bond acceptors (Lipinski definition) is 6. The van der Waals surface area contributed by atoms with Gasteiger partial charge in [0.2, 0.25) is 0 Å². The van der Waals surface area contributed by atoms with Crippen LogP contribution in [0, 0.1) is 25.3 Å². The molecule has 3 heterocycles. The lowest BCUT2D eigenvalue weighted by molar-refractivity contribution is -0.00445. The van der Waals surface area contributed by atoms with Crippen LogP contribution in [0.5, 0.6) is 0 Å². The van der Waals surface area contributed by atoms with E-state index in [0.717, 1.165) is 41.2 Å². The second-order valence-electron chi connectivity index (χ2n) is 12.7. The van der Waals surface area contributed by atoms with Gasteiger partial charge < -0.3 is 19.7 Å². The predicted octanol–water partition coefficient (Wildman–Crippen LogP) is 7.38. The number of benzene rings is 1. The Balaban J connectivity index is 1.63. The number of halogens is 2. The molecule has 1 aliphatic rings. The van der Waals surface area contributed by atoms with Crippen molar-refractivity contribution in [3.8, 4) is 22.6 Å². The van der Waals surface area contributed by atoms with Crippen molar-refractivity contribution in [2.75, 3.05) is 31.6 Å². The second kappa shape index (κ2) is 12.8. The fourth-order valence-electron chi connectivity index (χ4n) is 4.85. The number of aromatic nitrogens is 3. The number of amides is 1. The Bertz CT molecular complexity index is 1500. The molecule has 11 heteroatoms. The molecule has 8 nitrogen and oxygen atoms in total. The zero-order valence-corrected chi connectivity index (χ0v) is 28.3. The summed E-state index contributed by atoms with van der Waals surface area (Å²) in [6, 6.07) is 5.72. The number of nitrogens with one attached hydrogen (secondary N) is 1. The molecule has 2 aromatic heterocycles. The Morgan fingerprint density at radius 2 is 1.79 bits per heavy atom. The molecule has 0 spiro atoms. The molecule has 1 fully saturated rings. The van der Waals surface area contributed by atoms with Crippen LogP contribution in [-0.2, 0) is 9.47 Å². The summed E-state index contributed by atoms with van der Waals surface area (Å²) in [6.07, 6.45) is 1.25. The van der Waals surface area contributed by atoms with E-state index in [9.17, 15) is 4.79 Å². The SMILES string of the molecule is Cc1cc(NCCN(C(=O)OC(C)(C)C)C2CCOCC2)n2nc(C)c(-c3c(Cl)cc(C#C[Si](C)(C)C)cc3Cl)c2n1. The van der Waals surface area contributed by atoms with Crippen molar-refractivity contribution in [3.63, 3.8) is 0 Å². The summed E-state index contributed by atoms with van der Waals surface area (Å²) in [5.41, 5.74) is 7.24. The minimum atomic E-state index is -1.56. The minimum Gasteiger partial charge on any atom is -0.444 e. The third-order valence-electron chi connectivity index (χ3n) is 6.68. The standard InChI is InChI=1S/C31H41Cl2N5O3Si/c1-20-17-26(34-12-13-37(23-9-14-40-15-10-23)30(39)41-31(3,4)5)38-29(35-20)27(21(2)36-38)28-24(32)18-22(19-25(28)33)11-16-42(6,7)8/h17-19,23,34H,9-10,12-15H2,1-8H3. The molecule has 4 rings (SSSR count). The van der Waals surface area contributed by atoms with E-state index >= 15 is 0 Å². The number of ether oxygens (including phenoxy) is 2. The van der Waals surface area contributed by atoms with E-state index in [1.165, 1.54) is 0 Å². The predicted molar refractivity (Wildman–Crippen MR) is 173 cm³/mol.